The molecule has 1 fully saturated rings. The number of hydrogen-bond acceptors (Lipinski definition) is 5. The number of methoxy groups -OCH3 is 1. The van der Waals surface area contributed by atoms with Crippen LogP contribution in [0.2, 0.25) is 0 Å². The van der Waals surface area contributed by atoms with Gasteiger partial charge in [0.15, 0.2) is 0 Å². The number of carbonyl (C=O) groups excluding carboxylic acids is 1. The van der Waals surface area contributed by atoms with Gasteiger partial charge >= 0.3 is 5.97 Å². The maximum absolute atomic E-state index is 11.0. The standard InChI is InChI=1S/C10H19NO4/c1-11(7-9(12)14-2)8-10(13)3-5-15-6-4-10/h13H,3-8H2,1-2H3. The second-order valence-electron chi connectivity index (χ2n) is 4.09. The summed E-state index contributed by atoms with van der Waals surface area (Å²) in [5, 5.41) is 10.2. The zero-order valence-electron chi connectivity index (χ0n) is 9.36. The lowest BCUT2D eigenvalue weighted by Gasteiger charge is -2.35. The summed E-state index contributed by atoms with van der Waals surface area (Å²) in [4.78, 5) is 12.8. The fourth-order valence-corrected chi connectivity index (χ4v) is 1.75. The Bertz CT molecular complexity index is 213. The van der Waals surface area contributed by atoms with Crippen molar-refractivity contribution in [2.45, 2.75) is 18.4 Å². The van der Waals surface area contributed by atoms with E-state index in [-0.39, 0.29) is 12.5 Å². The number of nitrogens with zero attached hydrogens (tertiary/aromatic N) is 1. The molecule has 0 aromatic rings. The highest BCUT2D eigenvalue weighted by molar-refractivity contribution is 5.71. The summed E-state index contributed by atoms with van der Waals surface area (Å²) in [6.45, 7) is 1.86. The van der Waals surface area contributed by atoms with Crippen molar-refractivity contribution in [3.63, 3.8) is 0 Å². The van der Waals surface area contributed by atoms with Gasteiger partial charge in [-0.3, -0.25) is 9.69 Å². The first-order valence-corrected chi connectivity index (χ1v) is 5.11. The van der Waals surface area contributed by atoms with Crippen LogP contribution in [0.15, 0.2) is 0 Å². The quantitative estimate of drug-likeness (QED) is 0.651. The van der Waals surface area contributed by atoms with Crippen LogP contribution in [0.4, 0.5) is 0 Å². The zero-order valence-corrected chi connectivity index (χ0v) is 9.36. The van der Waals surface area contributed by atoms with Gasteiger partial charge in [0.05, 0.1) is 19.3 Å². The molecular formula is C10H19NO4. The van der Waals surface area contributed by atoms with Gasteiger partial charge in [-0.25, -0.2) is 0 Å². The maximum Gasteiger partial charge on any atom is 0.319 e. The highest BCUT2D eigenvalue weighted by Gasteiger charge is 2.31. The normalized spacial score (nSPS) is 20.3. The van der Waals surface area contributed by atoms with Crippen LogP contribution in [-0.2, 0) is 14.3 Å². The van der Waals surface area contributed by atoms with Crippen molar-refractivity contribution in [2.24, 2.45) is 0 Å². The van der Waals surface area contributed by atoms with Crippen LogP contribution in [0.1, 0.15) is 12.8 Å². The Morgan fingerprint density at radius 2 is 2.13 bits per heavy atom. The van der Waals surface area contributed by atoms with Gasteiger partial charge in [0.25, 0.3) is 0 Å². The van der Waals surface area contributed by atoms with Crippen molar-refractivity contribution < 1.29 is 19.4 Å². The lowest BCUT2D eigenvalue weighted by Crippen LogP contribution is -2.46. The molecule has 0 aliphatic carbocycles. The second kappa shape index (κ2) is 5.44. The van der Waals surface area contributed by atoms with Gasteiger partial charge in [-0.15, -0.1) is 0 Å². The largest absolute Gasteiger partial charge is 0.468 e. The Balaban J connectivity index is 2.35. The molecule has 0 atom stereocenters. The number of rotatable bonds is 4. The van der Waals surface area contributed by atoms with E-state index < -0.39 is 5.60 Å². The SMILES string of the molecule is COC(=O)CN(C)CC1(O)CCOCC1. The van der Waals surface area contributed by atoms with Crippen molar-refractivity contribution in [3.8, 4) is 0 Å². The summed E-state index contributed by atoms with van der Waals surface area (Å²) in [5.41, 5.74) is -0.721. The van der Waals surface area contributed by atoms with Gasteiger partial charge in [0.1, 0.15) is 0 Å². The number of hydrogen-bond donors (Lipinski definition) is 1. The van der Waals surface area contributed by atoms with E-state index in [9.17, 15) is 9.90 Å². The Kier molecular flexibility index (Phi) is 4.50. The molecule has 0 saturated carbocycles. The third-order valence-electron chi connectivity index (χ3n) is 2.61. The van der Waals surface area contributed by atoms with Crippen molar-refractivity contribution >= 4 is 5.97 Å². The Morgan fingerprint density at radius 1 is 1.53 bits per heavy atom. The van der Waals surface area contributed by atoms with Crippen molar-refractivity contribution in [3.05, 3.63) is 0 Å². The predicted molar refractivity (Wildman–Crippen MR) is 54.5 cm³/mol. The smallest absolute Gasteiger partial charge is 0.319 e. The van der Waals surface area contributed by atoms with Crippen LogP contribution in [0, 0.1) is 0 Å². The van der Waals surface area contributed by atoms with E-state index in [2.05, 4.69) is 4.74 Å². The number of likely N-dealkylation sites (N-methyl/N-ethyl adjacent to an activating group) is 1. The first-order chi connectivity index (χ1) is 7.06. The lowest BCUT2D eigenvalue weighted by molar-refractivity contribution is -0.142. The molecule has 0 bridgehead atoms. The first-order valence-electron chi connectivity index (χ1n) is 5.11. The highest BCUT2D eigenvalue weighted by atomic mass is 16.5. The number of ether oxygens (including phenoxy) is 2. The van der Waals surface area contributed by atoms with Crippen LogP contribution in [-0.4, -0.2) is 62.0 Å². The molecule has 1 saturated heterocycles. The Morgan fingerprint density at radius 3 is 2.67 bits per heavy atom. The number of carbonyl (C=O) groups is 1. The maximum atomic E-state index is 11.0. The minimum Gasteiger partial charge on any atom is -0.468 e. The minimum atomic E-state index is -0.721. The van der Waals surface area contributed by atoms with Gasteiger partial charge in [-0.05, 0) is 7.05 Å². The van der Waals surface area contributed by atoms with Gasteiger partial charge in [0, 0.05) is 32.6 Å². The molecule has 1 aliphatic rings. The fraction of sp³-hybridized carbons (Fsp3) is 0.900. The molecule has 5 nitrogen and oxygen atoms in total. The van der Waals surface area contributed by atoms with Gasteiger partial charge in [0.2, 0.25) is 0 Å². The molecule has 0 spiro atoms. The number of esters is 1. The summed E-state index contributed by atoms with van der Waals surface area (Å²) in [6, 6.07) is 0. The van der Waals surface area contributed by atoms with Crippen LogP contribution >= 0.6 is 0 Å². The molecule has 0 aromatic carbocycles. The zero-order chi connectivity index (χ0) is 11.3. The molecule has 0 radical (unpaired) electrons. The third-order valence-corrected chi connectivity index (χ3v) is 2.61. The van der Waals surface area contributed by atoms with E-state index >= 15 is 0 Å². The van der Waals surface area contributed by atoms with Gasteiger partial charge in [-0.1, -0.05) is 0 Å². The van der Waals surface area contributed by atoms with Crippen molar-refractivity contribution in [2.75, 3.05) is 40.5 Å². The summed E-state index contributed by atoms with van der Waals surface area (Å²) in [5.74, 6) is -0.284. The summed E-state index contributed by atoms with van der Waals surface area (Å²) in [6.07, 6.45) is 1.25. The van der Waals surface area contributed by atoms with Crippen LogP contribution < -0.4 is 0 Å². The van der Waals surface area contributed by atoms with Crippen LogP contribution in [0.3, 0.4) is 0 Å². The molecule has 1 N–H and O–H groups in total. The fourth-order valence-electron chi connectivity index (χ4n) is 1.75. The van der Waals surface area contributed by atoms with Crippen LogP contribution in [0.25, 0.3) is 0 Å². The molecule has 1 rings (SSSR count). The average Bonchev–Trinajstić information content (AvgIpc) is 2.17. The van der Waals surface area contributed by atoms with E-state index in [0.717, 1.165) is 0 Å². The van der Waals surface area contributed by atoms with Crippen molar-refractivity contribution in [1.29, 1.82) is 0 Å². The Hall–Kier alpha value is -0.650. The summed E-state index contributed by atoms with van der Waals surface area (Å²) in [7, 11) is 3.16. The van der Waals surface area contributed by atoms with Gasteiger partial charge < -0.3 is 14.6 Å². The first kappa shape index (κ1) is 12.4. The molecule has 5 heteroatoms. The van der Waals surface area contributed by atoms with E-state index in [4.69, 9.17) is 4.74 Å². The molecule has 15 heavy (non-hydrogen) atoms. The molecule has 0 unspecified atom stereocenters. The molecule has 1 heterocycles. The number of aliphatic hydroxyl groups is 1. The molecule has 0 aromatic heterocycles. The van der Waals surface area contributed by atoms with Crippen LogP contribution in [0.5, 0.6) is 0 Å². The minimum absolute atomic E-state index is 0.208. The van der Waals surface area contributed by atoms with Gasteiger partial charge in [-0.2, -0.15) is 0 Å². The van der Waals surface area contributed by atoms with E-state index in [1.807, 2.05) is 0 Å². The summed E-state index contributed by atoms with van der Waals surface area (Å²) >= 11 is 0. The highest BCUT2D eigenvalue weighted by Crippen LogP contribution is 2.20. The van der Waals surface area contributed by atoms with E-state index in [0.29, 0.717) is 32.6 Å². The molecular weight excluding hydrogens is 198 g/mol. The summed E-state index contributed by atoms with van der Waals surface area (Å²) < 4.78 is 9.73. The molecule has 1 aliphatic heterocycles. The van der Waals surface area contributed by atoms with Crippen molar-refractivity contribution in [1.82, 2.24) is 4.90 Å². The molecule has 0 amide bonds. The molecule has 88 valence electrons. The lowest BCUT2D eigenvalue weighted by atomic mass is 9.94. The second-order valence-corrected chi connectivity index (χ2v) is 4.09. The predicted octanol–water partition coefficient (Wildman–Crippen LogP) is -0.367. The topological polar surface area (TPSA) is 59.0 Å². The van der Waals surface area contributed by atoms with E-state index in [1.54, 1.807) is 11.9 Å². The van der Waals surface area contributed by atoms with E-state index in [1.165, 1.54) is 7.11 Å². The average molecular weight is 217 g/mol. The monoisotopic (exact) mass is 217 g/mol. The third kappa shape index (κ3) is 4.15. The Labute approximate surface area is 90.0 Å².